The molecular formula is C41H49N3O4. The van der Waals surface area contributed by atoms with Crippen LogP contribution in [0.25, 0.3) is 21.5 Å². The first-order chi connectivity index (χ1) is 23.5. The lowest BCUT2D eigenvalue weighted by atomic mass is 9.94. The third-order valence-electron chi connectivity index (χ3n) is 9.39. The van der Waals surface area contributed by atoms with Crippen molar-refractivity contribution in [3.8, 4) is 0 Å². The highest BCUT2D eigenvalue weighted by Gasteiger charge is 2.33. The third kappa shape index (κ3) is 7.84. The maximum atomic E-state index is 12.8. The summed E-state index contributed by atoms with van der Waals surface area (Å²) in [7, 11) is 0. The van der Waals surface area contributed by atoms with Crippen LogP contribution in [0.5, 0.6) is 0 Å². The van der Waals surface area contributed by atoms with Gasteiger partial charge in [-0.3, -0.25) is 29.0 Å². The number of carbonyl (C=O) groups is 4. The Balaban J connectivity index is 0.000000190. The molecule has 0 fully saturated rings. The molecule has 1 N–H and O–H groups in total. The van der Waals surface area contributed by atoms with Gasteiger partial charge in [-0.1, -0.05) is 114 Å². The summed E-state index contributed by atoms with van der Waals surface area (Å²) in [5.41, 5.74) is 2.59. The summed E-state index contributed by atoms with van der Waals surface area (Å²) >= 11 is 0. The molecule has 0 aliphatic carbocycles. The summed E-state index contributed by atoms with van der Waals surface area (Å²) in [6.07, 6.45) is 12.6. The van der Waals surface area contributed by atoms with Gasteiger partial charge in [-0.25, -0.2) is 0 Å². The third-order valence-corrected chi connectivity index (χ3v) is 9.39. The predicted molar refractivity (Wildman–Crippen MR) is 194 cm³/mol. The second-order valence-corrected chi connectivity index (χ2v) is 12.9. The Morgan fingerprint density at radius 2 is 0.792 bits per heavy atom. The molecular weight excluding hydrogens is 598 g/mol. The van der Waals surface area contributed by atoms with E-state index in [2.05, 4.69) is 19.2 Å². The van der Waals surface area contributed by atoms with Gasteiger partial charge in [0.1, 0.15) is 0 Å². The molecule has 4 aromatic rings. The van der Waals surface area contributed by atoms with E-state index in [1.807, 2.05) is 72.8 Å². The highest BCUT2D eigenvalue weighted by atomic mass is 16.2. The van der Waals surface area contributed by atoms with Crippen molar-refractivity contribution < 1.29 is 19.2 Å². The Hall–Kier alpha value is -4.36. The average Bonchev–Trinajstić information content (AvgIpc) is 3.11. The zero-order chi connectivity index (χ0) is 33.9. The van der Waals surface area contributed by atoms with Crippen LogP contribution in [-0.2, 0) is 0 Å². The lowest BCUT2D eigenvalue weighted by Gasteiger charge is -2.27. The number of amides is 4. The number of hydrogen-bond acceptors (Lipinski definition) is 5. The molecule has 2 aliphatic heterocycles. The lowest BCUT2D eigenvalue weighted by molar-refractivity contribution is 0.0593. The maximum Gasteiger partial charge on any atom is 0.261 e. The Morgan fingerprint density at radius 1 is 0.438 bits per heavy atom. The van der Waals surface area contributed by atoms with Gasteiger partial charge in [-0.05, 0) is 67.4 Å². The SMILES string of the molecule is CCCCCCCN1C(=O)c2cccc3cccc(c23)C1=O.CCCCCCCNCCCN1C(=O)c2cccc3cccc(c23)C1=O. The van der Waals surface area contributed by atoms with Crippen LogP contribution in [0.3, 0.4) is 0 Å². The van der Waals surface area contributed by atoms with Gasteiger partial charge in [0, 0.05) is 46.1 Å². The molecule has 7 nitrogen and oxygen atoms in total. The fourth-order valence-electron chi connectivity index (χ4n) is 6.78. The van der Waals surface area contributed by atoms with Crippen LogP contribution in [0.1, 0.15) is 126 Å². The van der Waals surface area contributed by atoms with E-state index in [1.165, 1.54) is 61.2 Å². The van der Waals surface area contributed by atoms with Crippen molar-refractivity contribution in [2.45, 2.75) is 84.5 Å². The molecule has 0 saturated heterocycles. The largest absolute Gasteiger partial charge is 0.317 e. The first kappa shape index (κ1) is 35.0. The van der Waals surface area contributed by atoms with Gasteiger partial charge in [0.05, 0.1) is 0 Å². The zero-order valence-electron chi connectivity index (χ0n) is 28.6. The van der Waals surface area contributed by atoms with Crippen molar-refractivity contribution in [3.63, 3.8) is 0 Å². The van der Waals surface area contributed by atoms with Gasteiger partial charge in [-0.15, -0.1) is 0 Å². The summed E-state index contributed by atoms with van der Waals surface area (Å²) in [6, 6.07) is 22.6. The minimum absolute atomic E-state index is 0.148. The van der Waals surface area contributed by atoms with Crippen LogP contribution in [0, 0.1) is 0 Å². The van der Waals surface area contributed by atoms with E-state index in [4.69, 9.17) is 0 Å². The first-order valence-electron chi connectivity index (χ1n) is 17.9. The van der Waals surface area contributed by atoms with E-state index in [9.17, 15) is 19.2 Å². The lowest BCUT2D eigenvalue weighted by Crippen LogP contribution is -2.41. The topological polar surface area (TPSA) is 86.8 Å². The number of nitrogens with one attached hydrogen (secondary N) is 1. The molecule has 4 aromatic carbocycles. The van der Waals surface area contributed by atoms with Gasteiger partial charge in [-0.2, -0.15) is 0 Å². The second kappa shape index (κ2) is 17.2. The van der Waals surface area contributed by atoms with Crippen molar-refractivity contribution in [2.24, 2.45) is 0 Å². The van der Waals surface area contributed by atoms with E-state index in [0.29, 0.717) is 35.3 Å². The molecule has 0 atom stereocenters. The number of benzene rings is 4. The summed E-state index contributed by atoms with van der Waals surface area (Å²) in [5.74, 6) is -0.632. The van der Waals surface area contributed by atoms with E-state index in [0.717, 1.165) is 53.9 Å². The monoisotopic (exact) mass is 647 g/mol. The minimum Gasteiger partial charge on any atom is -0.317 e. The zero-order valence-corrected chi connectivity index (χ0v) is 28.6. The van der Waals surface area contributed by atoms with E-state index < -0.39 is 0 Å². The van der Waals surface area contributed by atoms with Crippen molar-refractivity contribution in [1.82, 2.24) is 15.1 Å². The van der Waals surface area contributed by atoms with Gasteiger partial charge < -0.3 is 5.32 Å². The molecule has 48 heavy (non-hydrogen) atoms. The molecule has 0 aromatic heterocycles. The molecule has 0 unspecified atom stereocenters. The molecule has 0 bridgehead atoms. The molecule has 2 aliphatic rings. The summed E-state index contributed by atoms with van der Waals surface area (Å²) < 4.78 is 0. The molecule has 0 spiro atoms. The van der Waals surface area contributed by atoms with Crippen molar-refractivity contribution in [1.29, 1.82) is 0 Å². The summed E-state index contributed by atoms with van der Waals surface area (Å²) in [6.45, 7) is 7.22. The molecule has 7 heteroatoms. The van der Waals surface area contributed by atoms with Crippen LogP contribution in [0.4, 0.5) is 0 Å². The Labute approximate surface area is 284 Å². The number of carbonyl (C=O) groups excluding carboxylic acids is 4. The van der Waals surface area contributed by atoms with Crippen LogP contribution < -0.4 is 5.32 Å². The first-order valence-corrected chi connectivity index (χ1v) is 17.9. The Morgan fingerprint density at radius 3 is 1.21 bits per heavy atom. The fourth-order valence-corrected chi connectivity index (χ4v) is 6.78. The Bertz CT molecular complexity index is 1660. The standard InChI is InChI=1S/C22H28N2O2.C19H21NO2/c1-2-3-4-5-6-14-23-15-9-16-24-21(25)18-12-7-10-17-11-8-13-19(20(17)18)22(24)26;1-2-3-4-5-6-13-20-18(21)15-11-7-9-14-10-8-12-16(17(14)15)19(20)22/h7-8,10-13,23H,2-6,9,14-16H2,1H3;7-12H,2-6,13H2,1H3. The summed E-state index contributed by atoms with van der Waals surface area (Å²) in [4.78, 5) is 53.6. The second-order valence-electron chi connectivity index (χ2n) is 12.9. The molecule has 0 radical (unpaired) electrons. The molecule has 4 amide bonds. The fraction of sp³-hybridized carbons (Fsp3) is 0.415. The van der Waals surface area contributed by atoms with Crippen molar-refractivity contribution in [2.75, 3.05) is 26.2 Å². The van der Waals surface area contributed by atoms with E-state index in [1.54, 1.807) is 0 Å². The average molecular weight is 648 g/mol. The summed E-state index contributed by atoms with van der Waals surface area (Å²) in [5, 5.41) is 6.93. The highest BCUT2D eigenvalue weighted by molar-refractivity contribution is 6.26. The quantitative estimate of drug-likeness (QED) is 0.0970. The van der Waals surface area contributed by atoms with Gasteiger partial charge >= 0.3 is 0 Å². The molecule has 2 heterocycles. The Kier molecular flexibility index (Phi) is 12.5. The van der Waals surface area contributed by atoms with Crippen molar-refractivity contribution >= 4 is 45.2 Å². The van der Waals surface area contributed by atoms with Crippen LogP contribution in [0.2, 0.25) is 0 Å². The van der Waals surface area contributed by atoms with Gasteiger partial charge in [0.25, 0.3) is 23.6 Å². The smallest absolute Gasteiger partial charge is 0.261 e. The maximum absolute atomic E-state index is 12.8. The molecule has 252 valence electrons. The minimum atomic E-state index is -0.168. The number of imide groups is 2. The molecule has 6 rings (SSSR count). The highest BCUT2D eigenvalue weighted by Crippen LogP contribution is 2.31. The normalized spacial score (nSPS) is 13.8. The van der Waals surface area contributed by atoms with Gasteiger partial charge in [0.15, 0.2) is 0 Å². The van der Waals surface area contributed by atoms with E-state index >= 15 is 0 Å². The van der Waals surface area contributed by atoms with Crippen LogP contribution in [-0.4, -0.2) is 59.6 Å². The predicted octanol–water partition coefficient (Wildman–Crippen LogP) is 8.79. The number of hydrogen-bond donors (Lipinski definition) is 1. The van der Waals surface area contributed by atoms with E-state index in [-0.39, 0.29) is 23.6 Å². The van der Waals surface area contributed by atoms with Crippen molar-refractivity contribution in [3.05, 3.63) is 95.1 Å². The van der Waals surface area contributed by atoms with Gasteiger partial charge in [0.2, 0.25) is 0 Å². The molecule has 0 saturated carbocycles. The number of unbranched alkanes of at least 4 members (excludes halogenated alkanes) is 8. The van der Waals surface area contributed by atoms with Crippen LogP contribution >= 0.6 is 0 Å². The number of rotatable bonds is 16. The van der Waals surface area contributed by atoms with Crippen LogP contribution in [0.15, 0.2) is 72.8 Å². The number of nitrogens with zero attached hydrogens (tertiary/aromatic N) is 2.